The van der Waals surface area contributed by atoms with Crippen LogP contribution in [0.1, 0.15) is 18.9 Å². The minimum atomic E-state index is -0.969. The number of hydrogen-bond acceptors (Lipinski definition) is 3. The zero-order valence-corrected chi connectivity index (χ0v) is 10.7. The van der Waals surface area contributed by atoms with E-state index in [-0.39, 0.29) is 0 Å². The highest BCUT2D eigenvalue weighted by atomic mass is 32.2. The van der Waals surface area contributed by atoms with Crippen LogP contribution in [0.2, 0.25) is 0 Å². The second-order valence-electron chi connectivity index (χ2n) is 3.57. The molecule has 1 rings (SSSR count). The molecule has 0 aliphatic rings. The normalized spacial score (nSPS) is 12.6. The van der Waals surface area contributed by atoms with E-state index in [0.717, 1.165) is 16.9 Å². The summed E-state index contributed by atoms with van der Waals surface area (Å²) in [6.45, 7) is 5.25. The molecule has 0 bridgehead atoms. The number of benzene rings is 1. The van der Waals surface area contributed by atoms with Crippen molar-refractivity contribution in [2.24, 2.45) is 0 Å². The maximum absolute atomic E-state index is 12.0. The van der Waals surface area contributed by atoms with Gasteiger partial charge in [0.1, 0.15) is 0 Å². The van der Waals surface area contributed by atoms with Crippen molar-refractivity contribution in [1.82, 2.24) is 0 Å². The van der Waals surface area contributed by atoms with Crippen LogP contribution in [0, 0.1) is 6.92 Å². The quantitative estimate of drug-likeness (QED) is 0.613. The number of ether oxygens (including phenoxy) is 1. The number of anilines is 1. The van der Waals surface area contributed by atoms with Crippen molar-refractivity contribution < 1.29 is 8.95 Å². The summed E-state index contributed by atoms with van der Waals surface area (Å²) in [4.78, 5) is 0.844. The minimum Gasteiger partial charge on any atom is -0.398 e. The molecule has 0 heterocycles. The summed E-state index contributed by atoms with van der Waals surface area (Å²) in [5, 5.41) is 0. The lowest BCUT2D eigenvalue weighted by Gasteiger charge is -2.08. The Hall–Kier alpha value is -0.870. The fourth-order valence-corrected chi connectivity index (χ4v) is 2.71. The lowest BCUT2D eigenvalue weighted by atomic mass is 10.2. The fourth-order valence-electron chi connectivity index (χ4n) is 1.42. The van der Waals surface area contributed by atoms with E-state index in [1.54, 1.807) is 0 Å². The van der Waals surface area contributed by atoms with Crippen LogP contribution in [0.15, 0.2) is 23.1 Å². The first-order valence-corrected chi connectivity index (χ1v) is 6.80. The smallest absolute Gasteiger partial charge is 0.0533 e. The van der Waals surface area contributed by atoms with Gasteiger partial charge in [0.25, 0.3) is 0 Å². The number of hydrogen-bond donors (Lipinski definition) is 1. The zero-order valence-electron chi connectivity index (χ0n) is 9.86. The number of nitrogen functional groups attached to an aromatic ring is 1. The zero-order chi connectivity index (χ0) is 12.0. The Balaban J connectivity index is 2.56. The van der Waals surface area contributed by atoms with Gasteiger partial charge in [0.15, 0.2) is 0 Å². The summed E-state index contributed by atoms with van der Waals surface area (Å²) in [5.41, 5.74) is 7.41. The average Bonchev–Trinajstić information content (AvgIpc) is 2.28. The highest BCUT2D eigenvalue weighted by molar-refractivity contribution is 7.85. The molecule has 0 amide bonds. The van der Waals surface area contributed by atoms with Crippen LogP contribution in [0.3, 0.4) is 0 Å². The van der Waals surface area contributed by atoms with Crippen LogP contribution >= 0.6 is 0 Å². The SMILES string of the molecule is CCOCCCS(=O)c1cccc(N)c1C. The summed E-state index contributed by atoms with van der Waals surface area (Å²) >= 11 is 0. The predicted octanol–water partition coefficient (Wildman–Crippen LogP) is 2.11. The van der Waals surface area contributed by atoms with Crippen LogP contribution < -0.4 is 5.73 Å². The second kappa shape index (κ2) is 6.66. The van der Waals surface area contributed by atoms with Gasteiger partial charge in [0.05, 0.1) is 10.8 Å². The first-order valence-electron chi connectivity index (χ1n) is 5.48. The lowest BCUT2D eigenvalue weighted by molar-refractivity contribution is 0.149. The molecule has 4 heteroatoms. The Bertz CT molecular complexity index is 366. The van der Waals surface area contributed by atoms with Gasteiger partial charge in [-0.15, -0.1) is 0 Å². The summed E-state index contributed by atoms with van der Waals surface area (Å²) in [6, 6.07) is 5.55. The number of rotatable bonds is 6. The van der Waals surface area contributed by atoms with Crippen molar-refractivity contribution in [2.45, 2.75) is 25.2 Å². The molecule has 0 radical (unpaired) electrons. The molecule has 0 saturated heterocycles. The molecule has 1 unspecified atom stereocenters. The Kier molecular flexibility index (Phi) is 5.49. The Morgan fingerprint density at radius 2 is 2.19 bits per heavy atom. The monoisotopic (exact) mass is 241 g/mol. The molecule has 2 N–H and O–H groups in total. The fraction of sp³-hybridized carbons (Fsp3) is 0.500. The van der Waals surface area contributed by atoms with E-state index < -0.39 is 10.8 Å². The third kappa shape index (κ3) is 3.61. The highest BCUT2D eigenvalue weighted by Gasteiger charge is 2.08. The van der Waals surface area contributed by atoms with Gasteiger partial charge in [0.2, 0.25) is 0 Å². The highest BCUT2D eigenvalue weighted by Crippen LogP contribution is 2.19. The van der Waals surface area contributed by atoms with E-state index in [2.05, 4.69) is 0 Å². The molecule has 0 aliphatic heterocycles. The Morgan fingerprint density at radius 1 is 1.44 bits per heavy atom. The van der Waals surface area contributed by atoms with Gasteiger partial charge >= 0.3 is 0 Å². The molecule has 0 fully saturated rings. The first kappa shape index (κ1) is 13.2. The van der Waals surface area contributed by atoms with Crippen molar-refractivity contribution in [3.63, 3.8) is 0 Å². The molecular formula is C12H19NO2S. The van der Waals surface area contributed by atoms with Crippen LogP contribution in [-0.2, 0) is 15.5 Å². The van der Waals surface area contributed by atoms with E-state index in [9.17, 15) is 4.21 Å². The molecule has 3 nitrogen and oxygen atoms in total. The van der Waals surface area contributed by atoms with E-state index in [4.69, 9.17) is 10.5 Å². The van der Waals surface area contributed by atoms with Crippen LogP contribution in [0.4, 0.5) is 5.69 Å². The van der Waals surface area contributed by atoms with Gasteiger partial charge in [-0.1, -0.05) is 6.07 Å². The standard InChI is InChI=1S/C12H19NO2S/c1-3-15-8-5-9-16(14)12-7-4-6-11(13)10(12)2/h4,6-7H,3,5,8-9,13H2,1-2H3. The molecule has 1 aromatic carbocycles. The molecule has 0 saturated carbocycles. The summed E-state index contributed by atoms with van der Waals surface area (Å²) < 4.78 is 17.2. The third-order valence-electron chi connectivity index (χ3n) is 2.39. The van der Waals surface area contributed by atoms with Crippen molar-refractivity contribution in [2.75, 3.05) is 24.7 Å². The third-order valence-corrected chi connectivity index (χ3v) is 3.99. The molecule has 1 atom stereocenters. The maximum Gasteiger partial charge on any atom is 0.0533 e. The molecular weight excluding hydrogens is 222 g/mol. The van der Waals surface area contributed by atoms with Crippen molar-refractivity contribution in [1.29, 1.82) is 0 Å². The van der Waals surface area contributed by atoms with E-state index in [1.165, 1.54) is 0 Å². The molecule has 90 valence electrons. The van der Waals surface area contributed by atoms with Gasteiger partial charge in [-0.05, 0) is 38.0 Å². The van der Waals surface area contributed by atoms with Crippen LogP contribution in [-0.4, -0.2) is 23.2 Å². The van der Waals surface area contributed by atoms with Crippen molar-refractivity contribution >= 4 is 16.5 Å². The molecule has 16 heavy (non-hydrogen) atoms. The minimum absolute atomic E-state index is 0.629. The average molecular weight is 241 g/mol. The van der Waals surface area contributed by atoms with Crippen molar-refractivity contribution in [3.8, 4) is 0 Å². The van der Waals surface area contributed by atoms with Crippen LogP contribution in [0.5, 0.6) is 0 Å². The van der Waals surface area contributed by atoms with E-state index in [1.807, 2.05) is 32.0 Å². The lowest BCUT2D eigenvalue weighted by Crippen LogP contribution is -2.05. The molecule has 0 spiro atoms. The van der Waals surface area contributed by atoms with Gasteiger partial charge in [-0.25, -0.2) is 0 Å². The summed E-state index contributed by atoms with van der Waals surface area (Å²) in [5.74, 6) is 0.629. The Labute approximate surface area is 99.4 Å². The topological polar surface area (TPSA) is 52.3 Å². The molecule has 0 aliphatic carbocycles. The van der Waals surface area contributed by atoms with E-state index >= 15 is 0 Å². The summed E-state index contributed by atoms with van der Waals surface area (Å²) in [7, 11) is -0.969. The first-order chi connectivity index (χ1) is 7.66. The van der Waals surface area contributed by atoms with Gasteiger partial charge in [-0.2, -0.15) is 0 Å². The van der Waals surface area contributed by atoms with Gasteiger partial charge in [-0.3, -0.25) is 4.21 Å². The van der Waals surface area contributed by atoms with Crippen molar-refractivity contribution in [3.05, 3.63) is 23.8 Å². The van der Waals surface area contributed by atoms with E-state index in [0.29, 0.717) is 24.7 Å². The van der Waals surface area contributed by atoms with Gasteiger partial charge in [0, 0.05) is 29.5 Å². The van der Waals surface area contributed by atoms with Crippen LogP contribution in [0.25, 0.3) is 0 Å². The Morgan fingerprint density at radius 3 is 2.88 bits per heavy atom. The molecule has 1 aromatic rings. The number of nitrogens with two attached hydrogens (primary N) is 1. The molecule has 0 aromatic heterocycles. The van der Waals surface area contributed by atoms with Gasteiger partial charge < -0.3 is 10.5 Å². The second-order valence-corrected chi connectivity index (χ2v) is 5.11. The summed E-state index contributed by atoms with van der Waals surface area (Å²) in [6.07, 6.45) is 0.814. The largest absolute Gasteiger partial charge is 0.398 e. The maximum atomic E-state index is 12.0. The predicted molar refractivity (Wildman–Crippen MR) is 68.0 cm³/mol.